The number of imidazole rings is 1. The molecule has 1 unspecified atom stereocenters. The second-order valence-corrected chi connectivity index (χ2v) is 8.70. The molecule has 0 bridgehead atoms. The maximum absolute atomic E-state index is 5.08. The summed E-state index contributed by atoms with van der Waals surface area (Å²) in [4.78, 5) is 7.80. The number of para-hydroxylation sites is 2. The highest BCUT2D eigenvalue weighted by atomic mass is 15.2. The first-order valence-corrected chi connectivity index (χ1v) is 10.9. The molecule has 2 fully saturated rings. The Morgan fingerprint density at radius 3 is 2.70 bits per heavy atom. The standard InChI is InChI=1S/C23H32N4/c1-2-6-18(7-3-1)17-26-14-11-20(12-15-26)27-22-9-5-4-8-21(22)25-23(27)19-10-13-24-16-19/h1-2,4-5,8-9,18-20,24H,3,6-7,10-17H2/t18?,19-/m1/s1. The van der Waals surface area contributed by atoms with Crippen molar-refractivity contribution >= 4 is 11.0 Å². The van der Waals surface area contributed by atoms with Crippen molar-refractivity contribution in [2.24, 2.45) is 5.92 Å². The summed E-state index contributed by atoms with van der Waals surface area (Å²) in [6, 6.07) is 9.36. The Morgan fingerprint density at radius 2 is 1.93 bits per heavy atom. The smallest absolute Gasteiger partial charge is 0.114 e. The molecule has 2 saturated heterocycles. The Balaban J connectivity index is 1.33. The average molecular weight is 365 g/mol. The highest BCUT2D eigenvalue weighted by Gasteiger charge is 2.29. The normalized spacial score (nSPS) is 27.6. The molecule has 0 saturated carbocycles. The highest BCUT2D eigenvalue weighted by molar-refractivity contribution is 5.76. The van der Waals surface area contributed by atoms with E-state index in [0.29, 0.717) is 12.0 Å². The minimum absolute atomic E-state index is 0.574. The lowest BCUT2D eigenvalue weighted by Crippen LogP contribution is -2.38. The van der Waals surface area contributed by atoms with E-state index in [1.54, 1.807) is 0 Å². The van der Waals surface area contributed by atoms with E-state index in [-0.39, 0.29) is 0 Å². The van der Waals surface area contributed by atoms with Crippen molar-refractivity contribution in [3.8, 4) is 0 Å². The third-order valence-corrected chi connectivity index (χ3v) is 6.86. The number of nitrogens with zero attached hydrogens (tertiary/aromatic N) is 3. The summed E-state index contributed by atoms with van der Waals surface area (Å²) in [6.45, 7) is 5.97. The molecule has 4 heteroatoms. The summed E-state index contributed by atoms with van der Waals surface area (Å²) >= 11 is 0. The van der Waals surface area contributed by atoms with Crippen molar-refractivity contribution in [3.05, 3.63) is 42.2 Å². The Kier molecular flexibility index (Phi) is 5.02. The maximum Gasteiger partial charge on any atom is 0.114 e. The molecule has 1 N–H and O–H groups in total. The van der Waals surface area contributed by atoms with Crippen molar-refractivity contribution in [2.45, 2.75) is 50.5 Å². The van der Waals surface area contributed by atoms with Crippen LogP contribution < -0.4 is 5.32 Å². The summed E-state index contributed by atoms with van der Waals surface area (Å²) in [5, 5.41) is 3.53. The van der Waals surface area contributed by atoms with E-state index in [1.807, 2.05) is 0 Å². The summed E-state index contributed by atoms with van der Waals surface area (Å²) in [7, 11) is 0. The number of piperidine rings is 1. The van der Waals surface area contributed by atoms with Crippen LogP contribution in [0.5, 0.6) is 0 Å². The van der Waals surface area contributed by atoms with Gasteiger partial charge in [0.1, 0.15) is 5.82 Å². The number of benzene rings is 1. The van der Waals surface area contributed by atoms with Crippen LogP contribution in [-0.2, 0) is 0 Å². The molecular formula is C23H32N4. The zero-order valence-electron chi connectivity index (χ0n) is 16.3. The van der Waals surface area contributed by atoms with Crippen LogP contribution in [0.15, 0.2) is 36.4 Å². The zero-order chi connectivity index (χ0) is 18.1. The van der Waals surface area contributed by atoms with Crippen LogP contribution >= 0.6 is 0 Å². The van der Waals surface area contributed by atoms with E-state index >= 15 is 0 Å². The molecule has 144 valence electrons. The van der Waals surface area contributed by atoms with Crippen LogP contribution in [0.3, 0.4) is 0 Å². The van der Waals surface area contributed by atoms with Gasteiger partial charge in [-0.3, -0.25) is 0 Å². The largest absolute Gasteiger partial charge is 0.324 e. The van der Waals surface area contributed by atoms with E-state index in [0.717, 1.165) is 19.0 Å². The molecule has 1 aliphatic carbocycles. The van der Waals surface area contributed by atoms with E-state index < -0.39 is 0 Å². The minimum Gasteiger partial charge on any atom is -0.324 e. The Labute approximate surface area is 162 Å². The molecule has 2 atom stereocenters. The van der Waals surface area contributed by atoms with Crippen LogP contribution in [0.2, 0.25) is 0 Å². The predicted octanol–water partition coefficient (Wildman–Crippen LogP) is 4.11. The van der Waals surface area contributed by atoms with Gasteiger partial charge >= 0.3 is 0 Å². The van der Waals surface area contributed by atoms with Gasteiger partial charge in [0.2, 0.25) is 0 Å². The number of aromatic nitrogens is 2. The molecule has 4 nitrogen and oxygen atoms in total. The fraction of sp³-hybridized carbons (Fsp3) is 0.609. The second kappa shape index (κ2) is 7.76. The van der Waals surface area contributed by atoms with E-state index in [1.165, 1.54) is 75.0 Å². The first-order chi connectivity index (χ1) is 13.4. The lowest BCUT2D eigenvalue weighted by atomic mass is 9.93. The van der Waals surface area contributed by atoms with Gasteiger partial charge < -0.3 is 14.8 Å². The summed E-state index contributed by atoms with van der Waals surface area (Å²) in [5.41, 5.74) is 2.52. The zero-order valence-corrected chi connectivity index (χ0v) is 16.3. The van der Waals surface area contributed by atoms with Crippen LogP contribution in [-0.4, -0.2) is 47.2 Å². The van der Waals surface area contributed by atoms with Crippen LogP contribution in [0, 0.1) is 5.92 Å². The van der Waals surface area contributed by atoms with Crippen LogP contribution in [0.4, 0.5) is 0 Å². The molecule has 0 spiro atoms. The van der Waals surface area contributed by atoms with Gasteiger partial charge in [-0.1, -0.05) is 24.3 Å². The first kappa shape index (κ1) is 17.4. The van der Waals surface area contributed by atoms with Gasteiger partial charge in [0.25, 0.3) is 0 Å². The third-order valence-electron chi connectivity index (χ3n) is 6.86. The van der Waals surface area contributed by atoms with Gasteiger partial charge in [0.05, 0.1) is 11.0 Å². The molecule has 0 radical (unpaired) electrons. The van der Waals surface area contributed by atoms with Gasteiger partial charge in [-0.05, 0) is 63.1 Å². The highest BCUT2D eigenvalue weighted by Crippen LogP contribution is 2.34. The topological polar surface area (TPSA) is 33.1 Å². The number of fused-ring (bicyclic) bond motifs is 1. The predicted molar refractivity (Wildman–Crippen MR) is 111 cm³/mol. The fourth-order valence-corrected chi connectivity index (χ4v) is 5.36. The summed E-state index contributed by atoms with van der Waals surface area (Å²) in [5.74, 6) is 2.78. The van der Waals surface area contributed by atoms with Gasteiger partial charge in [-0.2, -0.15) is 0 Å². The second-order valence-electron chi connectivity index (χ2n) is 8.70. The lowest BCUT2D eigenvalue weighted by molar-refractivity contribution is 0.158. The third kappa shape index (κ3) is 3.57. The quantitative estimate of drug-likeness (QED) is 0.829. The molecule has 3 heterocycles. The molecule has 2 aliphatic heterocycles. The van der Waals surface area contributed by atoms with E-state index in [2.05, 4.69) is 51.2 Å². The number of nitrogens with one attached hydrogen (secondary N) is 1. The average Bonchev–Trinajstić information content (AvgIpc) is 3.37. The van der Waals surface area contributed by atoms with Gasteiger partial charge in [0, 0.05) is 38.1 Å². The van der Waals surface area contributed by atoms with Crippen LogP contribution in [0.1, 0.15) is 56.3 Å². The lowest BCUT2D eigenvalue weighted by Gasteiger charge is -2.36. The van der Waals surface area contributed by atoms with Crippen molar-refractivity contribution < 1.29 is 0 Å². The molecule has 3 aliphatic rings. The molecule has 5 rings (SSSR count). The van der Waals surface area contributed by atoms with Crippen molar-refractivity contribution in [1.29, 1.82) is 0 Å². The Bertz CT molecular complexity index is 794. The minimum atomic E-state index is 0.574. The Morgan fingerprint density at radius 1 is 1.04 bits per heavy atom. The summed E-state index contributed by atoms with van der Waals surface area (Å²) in [6.07, 6.45) is 12.4. The van der Waals surface area contributed by atoms with Crippen molar-refractivity contribution in [1.82, 2.24) is 19.8 Å². The molecule has 1 aromatic carbocycles. The SMILES string of the molecule is C1=CCC(CN2CCC(n3c([C@@H]4CCNC4)nc4ccccc43)CC2)CC1. The van der Waals surface area contributed by atoms with Crippen LogP contribution in [0.25, 0.3) is 11.0 Å². The maximum atomic E-state index is 5.08. The molecular weight excluding hydrogens is 332 g/mol. The Hall–Kier alpha value is -1.65. The van der Waals surface area contributed by atoms with Gasteiger partial charge in [0.15, 0.2) is 0 Å². The molecule has 27 heavy (non-hydrogen) atoms. The molecule has 1 aromatic heterocycles. The van der Waals surface area contributed by atoms with Gasteiger partial charge in [-0.25, -0.2) is 4.98 Å². The fourth-order valence-electron chi connectivity index (χ4n) is 5.36. The number of hydrogen-bond acceptors (Lipinski definition) is 3. The van der Waals surface area contributed by atoms with E-state index in [9.17, 15) is 0 Å². The number of rotatable bonds is 4. The number of hydrogen-bond donors (Lipinski definition) is 1. The molecule has 2 aromatic rings. The number of likely N-dealkylation sites (tertiary alicyclic amines) is 1. The summed E-state index contributed by atoms with van der Waals surface area (Å²) < 4.78 is 2.62. The van der Waals surface area contributed by atoms with Crippen molar-refractivity contribution in [2.75, 3.05) is 32.7 Å². The first-order valence-electron chi connectivity index (χ1n) is 10.9. The monoisotopic (exact) mass is 364 g/mol. The van der Waals surface area contributed by atoms with Gasteiger partial charge in [-0.15, -0.1) is 0 Å². The van der Waals surface area contributed by atoms with Crippen molar-refractivity contribution in [3.63, 3.8) is 0 Å². The number of allylic oxidation sites excluding steroid dienone is 2. The molecule has 0 amide bonds. The van der Waals surface area contributed by atoms with E-state index in [4.69, 9.17) is 4.98 Å².